The molecule has 10 nitrogen and oxygen atoms in total. The lowest BCUT2D eigenvalue weighted by atomic mass is 10.1. The molecular weight excluding hydrogens is 481 g/mol. The average molecular weight is 506 g/mol. The van der Waals surface area contributed by atoms with E-state index >= 15 is 0 Å². The zero-order valence-corrected chi connectivity index (χ0v) is 19.6. The molecule has 3 aromatic rings. The van der Waals surface area contributed by atoms with Gasteiger partial charge in [0.1, 0.15) is 5.69 Å². The van der Waals surface area contributed by atoms with Crippen LogP contribution < -0.4 is 19.8 Å². The Kier molecular flexibility index (Phi) is 7.71. The number of aromatic nitrogens is 2. The van der Waals surface area contributed by atoms with Crippen LogP contribution in [0.4, 0.5) is 35.9 Å². The number of nitrogens with two attached hydrogens (primary N) is 1. The van der Waals surface area contributed by atoms with E-state index in [1.54, 1.807) is 13.8 Å². The van der Waals surface area contributed by atoms with Gasteiger partial charge < -0.3 is 10.6 Å². The van der Waals surface area contributed by atoms with Crippen LogP contribution in [0.25, 0.3) is 11.4 Å². The van der Waals surface area contributed by atoms with E-state index in [0.29, 0.717) is 0 Å². The summed E-state index contributed by atoms with van der Waals surface area (Å²) in [6.07, 6.45) is -0.751. The number of hydrogen-bond donors (Lipinski definition) is 1. The van der Waals surface area contributed by atoms with E-state index in [-0.39, 0.29) is 19.2 Å². The van der Waals surface area contributed by atoms with Gasteiger partial charge in [-0.3, -0.25) is 20.2 Å². The molecule has 1 aliphatic heterocycles. The van der Waals surface area contributed by atoms with Crippen LogP contribution >= 0.6 is 0 Å². The first-order chi connectivity index (χ1) is 17.0. The zero-order valence-electron chi connectivity index (χ0n) is 19.6. The van der Waals surface area contributed by atoms with Crippen LogP contribution in [0, 0.1) is 20.2 Å². The third-order valence-corrected chi connectivity index (χ3v) is 5.78. The molecule has 0 saturated carbocycles. The summed E-state index contributed by atoms with van der Waals surface area (Å²) in [4.78, 5) is 21.2. The molecule has 0 atom stereocenters. The maximum absolute atomic E-state index is 12.9. The summed E-state index contributed by atoms with van der Waals surface area (Å²) in [5, 5.41) is 22.2. The number of halogens is 3. The van der Waals surface area contributed by atoms with Crippen molar-refractivity contribution in [3.05, 3.63) is 80.7 Å². The first kappa shape index (κ1) is 26.3. The highest BCUT2D eigenvalue weighted by molar-refractivity contribution is 5.86. The molecule has 0 bridgehead atoms. The molecule has 0 saturated heterocycles. The first-order valence-corrected chi connectivity index (χ1v) is 11.1. The van der Waals surface area contributed by atoms with Gasteiger partial charge in [-0.15, -0.1) is 0 Å². The second-order valence-electron chi connectivity index (χ2n) is 7.80. The zero-order chi connectivity index (χ0) is 26.6. The van der Waals surface area contributed by atoms with Crippen molar-refractivity contribution in [3.8, 4) is 11.4 Å². The van der Waals surface area contributed by atoms with Crippen LogP contribution in [0.1, 0.15) is 19.4 Å². The van der Waals surface area contributed by atoms with E-state index in [1.807, 2.05) is 0 Å². The molecule has 0 radical (unpaired) electrons. The van der Waals surface area contributed by atoms with Gasteiger partial charge in [0.25, 0.3) is 17.1 Å². The summed E-state index contributed by atoms with van der Waals surface area (Å²) < 4.78 is 43.3. The number of alkyl halides is 3. The van der Waals surface area contributed by atoms with Crippen LogP contribution in [0.2, 0.25) is 0 Å². The Morgan fingerprint density at radius 3 is 1.83 bits per heavy atom. The molecule has 190 valence electrons. The van der Waals surface area contributed by atoms with Gasteiger partial charge in [0.05, 0.1) is 15.4 Å². The molecule has 1 aliphatic rings. The van der Waals surface area contributed by atoms with Crippen LogP contribution in [-0.4, -0.2) is 22.9 Å². The average Bonchev–Trinajstić information content (AvgIpc) is 2.84. The third kappa shape index (κ3) is 5.19. The quantitative estimate of drug-likeness (QED) is 0.242. The second-order valence-corrected chi connectivity index (χ2v) is 7.80. The fourth-order valence-corrected chi connectivity index (χ4v) is 4.09. The maximum Gasteiger partial charge on any atom is 0.418 e. The van der Waals surface area contributed by atoms with Gasteiger partial charge in [-0.1, -0.05) is 0 Å². The summed E-state index contributed by atoms with van der Waals surface area (Å²) in [6.45, 7) is 5.51. The molecule has 0 spiro atoms. The van der Waals surface area contributed by atoms with Crippen molar-refractivity contribution >= 4 is 22.7 Å². The van der Waals surface area contributed by atoms with E-state index in [0.717, 1.165) is 13.1 Å². The number of nitro groups is 2. The van der Waals surface area contributed by atoms with E-state index in [2.05, 4.69) is 57.9 Å². The number of pyridine rings is 2. The highest BCUT2D eigenvalue weighted by atomic mass is 19.4. The number of nitrogen functional groups attached to an aromatic ring is 1. The molecule has 1 aromatic carbocycles. The van der Waals surface area contributed by atoms with Crippen LogP contribution in [0.3, 0.4) is 0 Å². The van der Waals surface area contributed by atoms with Crippen molar-refractivity contribution in [2.45, 2.75) is 33.1 Å². The minimum absolute atomic E-state index is 0.128. The van der Waals surface area contributed by atoms with Gasteiger partial charge in [-0.25, -0.2) is 0 Å². The molecule has 0 aliphatic carbocycles. The van der Waals surface area contributed by atoms with Crippen LogP contribution in [0.15, 0.2) is 54.9 Å². The van der Waals surface area contributed by atoms with Crippen molar-refractivity contribution in [3.63, 3.8) is 0 Å². The number of nitro benzene ring substituents is 2. The smallest absolute Gasteiger partial charge is 0.393 e. The Bertz CT molecular complexity index is 1250. The highest BCUT2D eigenvalue weighted by Gasteiger charge is 2.42. The van der Waals surface area contributed by atoms with Gasteiger partial charge in [0.15, 0.2) is 18.1 Å². The molecule has 36 heavy (non-hydrogen) atoms. The summed E-state index contributed by atoms with van der Waals surface area (Å²) in [7, 11) is 0. The predicted molar refractivity (Wildman–Crippen MR) is 125 cm³/mol. The van der Waals surface area contributed by atoms with Crippen molar-refractivity contribution in [2.75, 3.05) is 23.7 Å². The van der Waals surface area contributed by atoms with E-state index in [1.165, 1.54) is 16.3 Å². The standard InChI is InChI=1S/C12H12N2.C11H13F3N4O4/c1-3-7-13-9-10-14-8-4-2-6-12(14)11(13)5-1;1-3-16(4-2)9-7(17(19)20)5-6(11(12,13)14)8(15)10(9)18(21)22/h1-8H,9-10H2;5H,3-4,15H2,1-2H3/q+2;. The number of rotatable bonds is 5. The Hall–Kier alpha value is -4.29. The molecule has 0 amide bonds. The van der Waals surface area contributed by atoms with Crippen molar-refractivity contribution in [2.24, 2.45) is 0 Å². The lowest BCUT2D eigenvalue weighted by molar-refractivity contribution is -0.794. The molecular formula is C23H25F3N6O4+2. The van der Waals surface area contributed by atoms with E-state index in [4.69, 9.17) is 5.73 Å². The third-order valence-electron chi connectivity index (χ3n) is 5.78. The second kappa shape index (κ2) is 10.5. The number of hydrogen-bond acceptors (Lipinski definition) is 6. The predicted octanol–water partition coefficient (Wildman–Crippen LogP) is 3.89. The summed E-state index contributed by atoms with van der Waals surface area (Å²) in [5.41, 5.74) is 2.52. The molecule has 13 heteroatoms. The molecule has 3 heterocycles. The number of anilines is 2. The lowest BCUT2D eigenvalue weighted by Crippen LogP contribution is -2.52. The Morgan fingerprint density at radius 1 is 0.944 bits per heavy atom. The molecule has 0 fully saturated rings. The van der Waals surface area contributed by atoms with Gasteiger partial charge in [0.2, 0.25) is 13.1 Å². The SMILES string of the molecule is CCN(CC)c1c([N+](=O)[O-])cc(C(F)(F)F)c(N)c1[N+](=O)[O-].c1cc[n+]2c(c1)-c1cccc[n+]1CC2. The summed E-state index contributed by atoms with van der Waals surface area (Å²) in [6, 6.07) is 12.9. The van der Waals surface area contributed by atoms with Crippen LogP contribution in [-0.2, 0) is 19.3 Å². The van der Waals surface area contributed by atoms with Gasteiger partial charge in [-0.05, 0) is 26.0 Å². The number of fused-ring (bicyclic) bond motifs is 3. The Labute approximate surface area is 204 Å². The molecule has 2 aromatic heterocycles. The first-order valence-electron chi connectivity index (χ1n) is 11.1. The molecule has 2 N–H and O–H groups in total. The highest BCUT2D eigenvalue weighted by Crippen LogP contribution is 2.48. The minimum Gasteiger partial charge on any atom is -0.393 e. The fourth-order valence-electron chi connectivity index (χ4n) is 4.09. The number of nitrogens with zero attached hydrogens (tertiary/aromatic N) is 5. The van der Waals surface area contributed by atoms with Crippen molar-refractivity contribution in [1.29, 1.82) is 0 Å². The monoisotopic (exact) mass is 506 g/mol. The maximum atomic E-state index is 12.9. The summed E-state index contributed by atoms with van der Waals surface area (Å²) >= 11 is 0. The summed E-state index contributed by atoms with van der Waals surface area (Å²) in [5.74, 6) is 0. The van der Waals surface area contributed by atoms with Crippen LogP contribution in [0.5, 0.6) is 0 Å². The molecule has 0 unspecified atom stereocenters. The van der Waals surface area contributed by atoms with Crippen molar-refractivity contribution in [1.82, 2.24) is 0 Å². The van der Waals surface area contributed by atoms with Gasteiger partial charge in [0, 0.05) is 43.4 Å². The van der Waals surface area contributed by atoms with E-state index in [9.17, 15) is 33.4 Å². The topological polar surface area (TPSA) is 123 Å². The lowest BCUT2D eigenvalue weighted by Gasteiger charge is -2.22. The van der Waals surface area contributed by atoms with E-state index < -0.39 is 44.3 Å². The fraction of sp³-hybridized carbons (Fsp3) is 0.304. The minimum atomic E-state index is -5.04. The number of benzene rings is 1. The Balaban J connectivity index is 0.000000218. The van der Waals surface area contributed by atoms with Crippen molar-refractivity contribution < 1.29 is 32.2 Å². The van der Waals surface area contributed by atoms with Gasteiger partial charge in [-0.2, -0.15) is 22.3 Å². The van der Waals surface area contributed by atoms with Gasteiger partial charge >= 0.3 is 11.9 Å². The largest absolute Gasteiger partial charge is 0.418 e. The molecule has 4 rings (SSSR count). The Morgan fingerprint density at radius 2 is 1.44 bits per heavy atom. The normalized spacial score (nSPS) is 12.0. The number of aryl methyl sites for hydroxylation is 2.